The van der Waals surface area contributed by atoms with Gasteiger partial charge in [-0.15, -0.1) is 0 Å². The van der Waals surface area contributed by atoms with Crippen LogP contribution in [0.15, 0.2) is 121 Å². The van der Waals surface area contributed by atoms with E-state index in [1.54, 1.807) is 0 Å². The van der Waals surface area contributed by atoms with Crippen molar-refractivity contribution in [3.63, 3.8) is 0 Å². The second-order valence-electron chi connectivity index (χ2n) is 13.5. The van der Waals surface area contributed by atoms with Crippen LogP contribution in [0.3, 0.4) is 0 Å². The van der Waals surface area contributed by atoms with Gasteiger partial charge in [-0.1, -0.05) is 135 Å². The summed E-state index contributed by atoms with van der Waals surface area (Å²) in [5, 5.41) is 20.2. The molecule has 52 heavy (non-hydrogen) atoms. The first-order chi connectivity index (χ1) is 25.1. The lowest BCUT2D eigenvalue weighted by Gasteiger charge is -2.29. The number of carbonyl (C=O) groups excluding carboxylic acids is 4. The lowest BCUT2D eigenvalue weighted by atomic mass is 9.88. The van der Waals surface area contributed by atoms with Gasteiger partial charge in [0.25, 0.3) is 0 Å². The Kier molecular flexibility index (Phi) is 15.4. The molecule has 6 N–H and O–H groups in total. The van der Waals surface area contributed by atoms with Gasteiger partial charge in [-0.25, -0.2) is 4.79 Å². The van der Waals surface area contributed by atoms with E-state index in [2.05, 4.69) is 16.0 Å². The average molecular weight is 707 g/mol. The largest absolute Gasteiger partial charge is 0.445 e. The number of ether oxygens (including phenoxy) is 1. The third-order valence-electron chi connectivity index (χ3n) is 8.78. The van der Waals surface area contributed by atoms with Crippen molar-refractivity contribution < 1.29 is 29.0 Å². The van der Waals surface area contributed by atoms with E-state index in [4.69, 9.17) is 10.5 Å². The van der Waals surface area contributed by atoms with Gasteiger partial charge in [0.1, 0.15) is 18.7 Å². The lowest BCUT2D eigenvalue weighted by Crippen LogP contribution is -2.55. The topological polar surface area (TPSA) is 160 Å². The zero-order valence-electron chi connectivity index (χ0n) is 29.8. The van der Waals surface area contributed by atoms with E-state index in [9.17, 15) is 24.3 Å². The Morgan fingerprint density at radius 3 is 1.56 bits per heavy atom. The van der Waals surface area contributed by atoms with Gasteiger partial charge in [0.05, 0.1) is 12.1 Å². The second kappa shape index (κ2) is 20.4. The summed E-state index contributed by atoms with van der Waals surface area (Å²) in [6, 6.07) is 34.6. The normalized spacial score (nSPS) is 13.9. The number of rotatable bonds is 19. The molecule has 10 heteroatoms. The minimum absolute atomic E-state index is 0.0227. The van der Waals surface area contributed by atoms with E-state index in [0.717, 1.165) is 22.3 Å². The highest BCUT2D eigenvalue weighted by atomic mass is 16.5. The molecule has 0 aliphatic heterocycles. The Morgan fingerprint density at radius 1 is 0.596 bits per heavy atom. The Balaban J connectivity index is 1.52. The van der Waals surface area contributed by atoms with E-state index in [1.165, 1.54) is 0 Å². The monoisotopic (exact) mass is 706 g/mol. The van der Waals surface area contributed by atoms with Gasteiger partial charge in [0.15, 0.2) is 0 Å². The summed E-state index contributed by atoms with van der Waals surface area (Å²) in [5.74, 6) is -2.40. The zero-order valence-corrected chi connectivity index (χ0v) is 29.8. The number of nitrogens with two attached hydrogens (primary N) is 1. The van der Waals surface area contributed by atoms with Crippen LogP contribution >= 0.6 is 0 Å². The van der Waals surface area contributed by atoms with Crippen molar-refractivity contribution in [3.8, 4) is 0 Å². The summed E-state index contributed by atoms with van der Waals surface area (Å²) >= 11 is 0. The number of alkyl carbamates (subject to hydrolysis) is 1. The molecule has 0 radical (unpaired) electrons. The molecular weight excluding hydrogens is 656 g/mol. The molecule has 0 aliphatic carbocycles. The first-order valence-corrected chi connectivity index (χ1v) is 17.7. The van der Waals surface area contributed by atoms with Crippen molar-refractivity contribution in [2.45, 2.75) is 76.8 Å². The van der Waals surface area contributed by atoms with E-state index in [-0.39, 0.29) is 38.2 Å². The minimum Gasteiger partial charge on any atom is -0.445 e. The average Bonchev–Trinajstić information content (AvgIpc) is 3.14. The Bertz CT molecular complexity index is 1690. The Labute approximate surface area is 306 Å². The molecule has 0 unspecified atom stereocenters. The molecule has 0 saturated carbocycles. The molecule has 0 aliphatic rings. The number of amides is 4. The van der Waals surface area contributed by atoms with Gasteiger partial charge in [0.2, 0.25) is 17.7 Å². The third kappa shape index (κ3) is 13.3. The molecule has 4 aromatic carbocycles. The second-order valence-corrected chi connectivity index (χ2v) is 13.5. The van der Waals surface area contributed by atoms with Gasteiger partial charge >= 0.3 is 6.09 Å². The number of nitrogens with one attached hydrogen (secondary N) is 3. The Morgan fingerprint density at radius 2 is 1.06 bits per heavy atom. The Hall–Kier alpha value is -5.48. The third-order valence-corrected chi connectivity index (χ3v) is 8.78. The van der Waals surface area contributed by atoms with Crippen molar-refractivity contribution in [2.24, 2.45) is 17.6 Å². The van der Waals surface area contributed by atoms with Crippen LogP contribution in [0.25, 0.3) is 0 Å². The van der Waals surface area contributed by atoms with Crippen LogP contribution in [0, 0.1) is 11.8 Å². The molecule has 5 atom stereocenters. The molecule has 0 spiro atoms. The maximum Gasteiger partial charge on any atom is 0.407 e. The number of hydrogen-bond donors (Lipinski definition) is 5. The van der Waals surface area contributed by atoms with Crippen LogP contribution < -0.4 is 21.7 Å². The fourth-order valence-corrected chi connectivity index (χ4v) is 6.04. The molecule has 274 valence electrons. The summed E-state index contributed by atoms with van der Waals surface area (Å²) in [6.45, 7) is 3.93. The zero-order chi connectivity index (χ0) is 37.3. The minimum atomic E-state index is -1.16. The summed E-state index contributed by atoms with van der Waals surface area (Å²) < 4.78 is 5.48. The van der Waals surface area contributed by atoms with Gasteiger partial charge in [-0.05, 0) is 53.9 Å². The fraction of sp³-hybridized carbons (Fsp3) is 0.333. The molecule has 4 rings (SSSR count). The van der Waals surface area contributed by atoms with Crippen molar-refractivity contribution in [3.05, 3.63) is 144 Å². The van der Waals surface area contributed by atoms with Crippen LogP contribution in [0.1, 0.15) is 48.9 Å². The van der Waals surface area contributed by atoms with Gasteiger partial charge in [-0.2, -0.15) is 0 Å². The highest BCUT2D eigenvalue weighted by Gasteiger charge is 2.32. The maximum absolute atomic E-state index is 14.1. The number of aliphatic hydroxyl groups is 1. The smallest absolute Gasteiger partial charge is 0.407 e. The number of primary amides is 1. The van der Waals surface area contributed by atoms with Crippen molar-refractivity contribution in [1.29, 1.82) is 0 Å². The summed E-state index contributed by atoms with van der Waals surface area (Å²) in [5.41, 5.74) is 9.08. The van der Waals surface area contributed by atoms with Gasteiger partial charge in [0, 0.05) is 12.3 Å². The van der Waals surface area contributed by atoms with E-state index < -0.39 is 54.0 Å². The highest BCUT2D eigenvalue weighted by Crippen LogP contribution is 2.20. The molecule has 10 nitrogen and oxygen atoms in total. The molecule has 0 heterocycles. The summed E-state index contributed by atoms with van der Waals surface area (Å²) in [6.07, 6.45) is -0.806. The molecular formula is C42H50N4O6. The maximum atomic E-state index is 14.1. The van der Waals surface area contributed by atoms with Crippen molar-refractivity contribution in [1.82, 2.24) is 16.0 Å². The number of hydrogen-bond acceptors (Lipinski definition) is 6. The molecule has 4 aromatic rings. The predicted octanol–water partition coefficient (Wildman–Crippen LogP) is 4.88. The first kappa shape index (κ1) is 39.3. The van der Waals surface area contributed by atoms with Crippen LogP contribution in [-0.2, 0) is 45.0 Å². The quantitative estimate of drug-likeness (QED) is 0.0935. The lowest BCUT2D eigenvalue weighted by molar-refractivity contribution is -0.133. The van der Waals surface area contributed by atoms with E-state index in [1.807, 2.05) is 135 Å². The fourth-order valence-electron chi connectivity index (χ4n) is 6.04. The number of benzene rings is 4. The highest BCUT2D eigenvalue weighted by molar-refractivity contribution is 5.92. The summed E-state index contributed by atoms with van der Waals surface area (Å²) in [4.78, 5) is 53.2. The molecule has 0 fully saturated rings. The van der Waals surface area contributed by atoms with Gasteiger partial charge < -0.3 is 31.5 Å². The molecule has 0 aromatic heterocycles. The van der Waals surface area contributed by atoms with Crippen molar-refractivity contribution in [2.75, 3.05) is 0 Å². The van der Waals surface area contributed by atoms with Crippen LogP contribution in [-0.4, -0.2) is 53.2 Å². The van der Waals surface area contributed by atoms with E-state index in [0.29, 0.717) is 6.42 Å². The summed E-state index contributed by atoms with van der Waals surface area (Å²) in [7, 11) is 0. The number of carbonyl (C=O) groups is 4. The molecule has 0 saturated heterocycles. The SMILES string of the molecule is CC(C)C[C@H](NC(=O)[C@@H](Cc1ccccc1)C[C@@H](O)[C@H](Cc1ccccc1)NC(=O)OCc1ccccc1)C(=O)N[C@@H](Cc1ccccc1)C(N)=O. The molecule has 0 bridgehead atoms. The van der Waals surface area contributed by atoms with Crippen LogP contribution in [0.2, 0.25) is 0 Å². The molecule has 4 amide bonds. The van der Waals surface area contributed by atoms with Crippen LogP contribution in [0.4, 0.5) is 4.79 Å². The standard InChI is InChI=1S/C42H50N4O6/c1-29(2)23-37(41(50)44-36(39(43)48)26-32-19-11-5-12-20-32)45-40(49)34(24-30-15-7-3-8-16-30)27-38(47)35(25-31-17-9-4-10-18-31)46-42(51)52-28-33-21-13-6-14-22-33/h3-22,29,34-38,47H,23-28H2,1-2H3,(H2,43,48)(H,44,50)(H,45,49)(H,46,51)/t34-,35-,36-,37-,38+/m0/s1. The van der Waals surface area contributed by atoms with Crippen molar-refractivity contribution >= 4 is 23.8 Å². The predicted molar refractivity (Wildman–Crippen MR) is 201 cm³/mol. The first-order valence-electron chi connectivity index (χ1n) is 17.7. The number of aliphatic hydroxyl groups excluding tert-OH is 1. The van der Waals surface area contributed by atoms with E-state index >= 15 is 0 Å². The van der Waals surface area contributed by atoms with Gasteiger partial charge in [-0.3, -0.25) is 14.4 Å². The van der Waals surface area contributed by atoms with Crippen LogP contribution in [0.5, 0.6) is 0 Å².